The first-order valence-electron chi connectivity index (χ1n) is 7.03. The summed E-state index contributed by atoms with van der Waals surface area (Å²) in [7, 11) is 0. The largest absolute Gasteiger partial charge is 0.396 e. The number of piperidine rings is 1. The molecule has 3 nitrogen and oxygen atoms in total. The van der Waals surface area contributed by atoms with Gasteiger partial charge in [-0.25, -0.2) is 0 Å². The Morgan fingerprint density at radius 3 is 2.79 bits per heavy atom. The van der Waals surface area contributed by atoms with E-state index in [1.165, 1.54) is 6.42 Å². The Hall–Kier alpha value is -0.610. The number of halogens is 1. The molecule has 1 heterocycles. The lowest BCUT2D eigenvalue weighted by molar-refractivity contribution is 0.118. The van der Waals surface area contributed by atoms with Gasteiger partial charge in [-0.05, 0) is 56.0 Å². The second kappa shape index (κ2) is 7.25. The standard InChI is InChI=1S/C15H23ClN2O/c16-14-5-3-13(4-6-14)15(17)7-9-18-8-1-2-12(10-18)11-19/h3-6,12,15,19H,1-2,7-11,17H2. The third kappa shape index (κ3) is 4.46. The van der Waals surface area contributed by atoms with Gasteiger partial charge >= 0.3 is 0 Å². The van der Waals surface area contributed by atoms with Crippen LogP contribution in [-0.2, 0) is 0 Å². The Labute approximate surface area is 120 Å². The van der Waals surface area contributed by atoms with Crippen molar-refractivity contribution in [2.24, 2.45) is 11.7 Å². The Morgan fingerprint density at radius 1 is 1.37 bits per heavy atom. The van der Waals surface area contributed by atoms with Crippen LogP contribution in [-0.4, -0.2) is 36.2 Å². The van der Waals surface area contributed by atoms with Crippen molar-refractivity contribution in [3.05, 3.63) is 34.9 Å². The van der Waals surface area contributed by atoms with Crippen LogP contribution in [0.25, 0.3) is 0 Å². The molecule has 106 valence electrons. The number of rotatable bonds is 5. The Balaban J connectivity index is 1.79. The molecule has 0 amide bonds. The molecule has 2 atom stereocenters. The number of nitrogens with zero attached hydrogens (tertiary/aromatic N) is 1. The Kier molecular flexibility index (Phi) is 5.64. The van der Waals surface area contributed by atoms with Gasteiger partial charge in [-0.2, -0.15) is 0 Å². The quantitative estimate of drug-likeness (QED) is 0.872. The highest BCUT2D eigenvalue weighted by Gasteiger charge is 2.19. The number of hydrogen-bond donors (Lipinski definition) is 2. The lowest BCUT2D eigenvalue weighted by Crippen LogP contribution is -2.38. The predicted molar refractivity (Wildman–Crippen MR) is 79.2 cm³/mol. The van der Waals surface area contributed by atoms with Crippen LogP contribution in [0.3, 0.4) is 0 Å². The van der Waals surface area contributed by atoms with E-state index in [0.29, 0.717) is 12.5 Å². The molecule has 1 saturated heterocycles. The van der Waals surface area contributed by atoms with E-state index in [9.17, 15) is 5.11 Å². The van der Waals surface area contributed by atoms with E-state index in [-0.39, 0.29) is 6.04 Å². The molecule has 0 spiro atoms. The third-order valence-electron chi connectivity index (χ3n) is 3.92. The molecule has 19 heavy (non-hydrogen) atoms. The maximum absolute atomic E-state index is 9.23. The molecule has 0 aliphatic carbocycles. The maximum Gasteiger partial charge on any atom is 0.0471 e. The zero-order valence-electron chi connectivity index (χ0n) is 11.3. The van der Waals surface area contributed by atoms with E-state index in [2.05, 4.69) is 4.90 Å². The predicted octanol–water partition coefficient (Wildman–Crippen LogP) is 2.43. The van der Waals surface area contributed by atoms with Gasteiger partial charge in [0.25, 0.3) is 0 Å². The van der Waals surface area contributed by atoms with Crippen LogP contribution in [0.15, 0.2) is 24.3 Å². The van der Waals surface area contributed by atoms with Crippen molar-refractivity contribution < 1.29 is 5.11 Å². The topological polar surface area (TPSA) is 49.5 Å². The molecule has 1 aliphatic rings. The third-order valence-corrected chi connectivity index (χ3v) is 4.17. The van der Waals surface area contributed by atoms with Gasteiger partial charge in [0, 0.05) is 24.2 Å². The minimum absolute atomic E-state index is 0.0618. The van der Waals surface area contributed by atoms with E-state index in [1.807, 2.05) is 24.3 Å². The number of hydrogen-bond acceptors (Lipinski definition) is 3. The van der Waals surface area contributed by atoms with Gasteiger partial charge in [0.05, 0.1) is 0 Å². The molecule has 1 aromatic rings. The number of benzene rings is 1. The van der Waals surface area contributed by atoms with E-state index in [4.69, 9.17) is 17.3 Å². The Bertz CT molecular complexity index is 382. The molecule has 2 rings (SSSR count). The molecule has 2 unspecified atom stereocenters. The van der Waals surface area contributed by atoms with Crippen molar-refractivity contribution >= 4 is 11.6 Å². The van der Waals surface area contributed by atoms with Crippen molar-refractivity contribution in [1.29, 1.82) is 0 Å². The summed E-state index contributed by atoms with van der Waals surface area (Å²) in [6.07, 6.45) is 3.28. The molecule has 0 aromatic heterocycles. The van der Waals surface area contributed by atoms with Crippen molar-refractivity contribution in [1.82, 2.24) is 4.90 Å². The van der Waals surface area contributed by atoms with Crippen LogP contribution < -0.4 is 5.73 Å². The summed E-state index contributed by atoms with van der Waals surface area (Å²) in [6.45, 7) is 3.44. The van der Waals surface area contributed by atoms with Crippen LogP contribution in [0.4, 0.5) is 0 Å². The van der Waals surface area contributed by atoms with Gasteiger partial charge in [0.2, 0.25) is 0 Å². The average molecular weight is 283 g/mol. The molecule has 1 aliphatic heterocycles. The fourth-order valence-electron chi connectivity index (χ4n) is 2.70. The fourth-order valence-corrected chi connectivity index (χ4v) is 2.83. The highest BCUT2D eigenvalue weighted by molar-refractivity contribution is 6.30. The number of nitrogens with two attached hydrogens (primary N) is 1. The van der Waals surface area contributed by atoms with Crippen LogP contribution in [0.5, 0.6) is 0 Å². The molecule has 3 N–H and O–H groups in total. The molecule has 0 bridgehead atoms. The van der Waals surface area contributed by atoms with Crippen molar-refractivity contribution in [3.8, 4) is 0 Å². The van der Waals surface area contributed by atoms with Gasteiger partial charge in [-0.3, -0.25) is 0 Å². The molecule has 1 fully saturated rings. The first kappa shape index (κ1) is 14.8. The summed E-state index contributed by atoms with van der Waals surface area (Å²) in [5.74, 6) is 0.445. The summed E-state index contributed by atoms with van der Waals surface area (Å²) in [5.41, 5.74) is 7.35. The SMILES string of the molecule is NC(CCN1CCCC(CO)C1)c1ccc(Cl)cc1. The zero-order chi connectivity index (χ0) is 13.7. The molecule has 4 heteroatoms. The van der Waals surface area contributed by atoms with Crippen molar-refractivity contribution in [2.45, 2.75) is 25.3 Å². The van der Waals surface area contributed by atoms with Crippen molar-refractivity contribution in [3.63, 3.8) is 0 Å². The normalized spacial score (nSPS) is 22.4. The van der Waals surface area contributed by atoms with Crippen LogP contribution in [0.1, 0.15) is 30.9 Å². The smallest absolute Gasteiger partial charge is 0.0471 e. The number of aliphatic hydroxyl groups is 1. The van der Waals surface area contributed by atoms with Crippen LogP contribution >= 0.6 is 11.6 Å². The monoisotopic (exact) mass is 282 g/mol. The fraction of sp³-hybridized carbons (Fsp3) is 0.600. The van der Waals surface area contributed by atoms with E-state index in [0.717, 1.165) is 43.1 Å². The molecular weight excluding hydrogens is 260 g/mol. The average Bonchev–Trinajstić information content (AvgIpc) is 2.46. The second-order valence-corrected chi connectivity index (χ2v) is 5.87. The summed E-state index contributed by atoms with van der Waals surface area (Å²) in [5, 5.41) is 9.97. The lowest BCUT2D eigenvalue weighted by atomic mass is 9.98. The summed E-state index contributed by atoms with van der Waals surface area (Å²) in [4.78, 5) is 2.42. The van der Waals surface area contributed by atoms with Gasteiger partial charge < -0.3 is 15.7 Å². The first-order valence-corrected chi connectivity index (χ1v) is 7.41. The maximum atomic E-state index is 9.23. The van der Waals surface area contributed by atoms with Gasteiger partial charge in [0.1, 0.15) is 0 Å². The summed E-state index contributed by atoms with van der Waals surface area (Å²) < 4.78 is 0. The lowest BCUT2D eigenvalue weighted by Gasteiger charge is -2.32. The highest BCUT2D eigenvalue weighted by atomic mass is 35.5. The number of aliphatic hydroxyl groups excluding tert-OH is 1. The van der Waals surface area contributed by atoms with Gasteiger partial charge in [-0.15, -0.1) is 0 Å². The van der Waals surface area contributed by atoms with Crippen LogP contribution in [0, 0.1) is 5.92 Å². The van der Waals surface area contributed by atoms with E-state index < -0.39 is 0 Å². The summed E-state index contributed by atoms with van der Waals surface area (Å²) >= 11 is 5.87. The van der Waals surface area contributed by atoms with Crippen LogP contribution in [0.2, 0.25) is 5.02 Å². The van der Waals surface area contributed by atoms with Crippen molar-refractivity contribution in [2.75, 3.05) is 26.2 Å². The van der Waals surface area contributed by atoms with E-state index >= 15 is 0 Å². The molecule has 0 saturated carbocycles. The van der Waals surface area contributed by atoms with Gasteiger partial charge in [0.15, 0.2) is 0 Å². The highest BCUT2D eigenvalue weighted by Crippen LogP contribution is 2.20. The summed E-state index contributed by atoms with van der Waals surface area (Å²) in [6, 6.07) is 7.84. The van der Waals surface area contributed by atoms with Gasteiger partial charge in [-0.1, -0.05) is 23.7 Å². The first-order chi connectivity index (χ1) is 9.19. The molecule has 1 aromatic carbocycles. The minimum Gasteiger partial charge on any atom is -0.396 e. The molecular formula is C15H23ClN2O. The Morgan fingerprint density at radius 2 is 2.11 bits per heavy atom. The van der Waals surface area contributed by atoms with E-state index in [1.54, 1.807) is 0 Å². The minimum atomic E-state index is 0.0618. The second-order valence-electron chi connectivity index (χ2n) is 5.44. The zero-order valence-corrected chi connectivity index (χ0v) is 12.0. The molecule has 0 radical (unpaired) electrons. The number of likely N-dealkylation sites (tertiary alicyclic amines) is 1.